The average molecular weight is 434 g/mol. The minimum absolute atomic E-state index is 0.0999. The third-order valence-corrected chi connectivity index (χ3v) is 4.81. The number of ether oxygens (including phenoxy) is 2. The first kappa shape index (κ1) is 22.9. The van der Waals surface area contributed by atoms with Crippen molar-refractivity contribution in [1.82, 2.24) is 0 Å². The number of oxime groups is 1. The van der Waals surface area contributed by atoms with Crippen LogP contribution in [0.4, 0.5) is 0 Å². The van der Waals surface area contributed by atoms with Gasteiger partial charge in [0.1, 0.15) is 18.1 Å². The zero-order chi connectivity index (χ0) is 22.8. The molecule has 1 N–H and O–H groups in total. The van der Waals surface area contributed by atoms with E-state index >= 15 is 0 Å². The molecule has 0 aromatic heterocycles. The Morgan fingerprint density at radius 3 is 2.25 bits per heavy atom. The van der Waals surface area contributed by atoms with Crippen LogP contribution in [0.3, 0.4) is 0 Å². The molecule has 0 fully saturated rings. The van der Waals surface area contributed by atoms with Crippen molar-refractivity contribution < 1.29 is 24.2 Å². The van der Waals surface area contributed by atoms with E-state index in [2.05, 4.69) is 29.4 Å². The lowest BCUT2D eigenvalue weighted by atomic mass is 10.0. The number of aliphatic carboxylic acids is 1. The normalized spacial score (nSPS) is 11.1. The fourth-order valence-corrected chi connectivity index (χ4v) is 3.24. The van der Waals surface area contributed by atoms with E-state index in [9.17, 15) is 4.79 Å². The van der Waals surface area contributed by atoms with Crippen molar-refractivity contribution in [3.05, 3.63) is 83.9 Å². The van der Waals surface area contributed by atoms with Crippen LogP contribution in [0, 0.1) is 0 Å². The molecule has 0 saturated carbocycles. The summed E-state index contributed by atoms with van der Waals surface area (Å²) in [5.74, 6) is 0.163. The number of rotatable bonds is 11. The molecule has 0 aliphatic rings. The molecule has 3 rings (SSSR count). The SMILES string of the molecule is CC/C(=N\OCCOc1cc(CC(=O)O)cc(OC)c1)c1ccc(-c2ccccc2)cc1. The maximum atomic E-state index is 11.0. The molecule has 0 heterocycles. The van der Waals surface area contributed by atoms with Crippen molar-refractivity contribution in [3.8, 4) is 22.6 Å². The van der Waals surface area contributed by atoms with Crippen molar-refractivity contribution in [1.29, 1.82) is 0 Å². The van der Waals surface area contributed by atoms with Crippen LogP contribution in [0.1, 0.15) is 24.5 Å². The predicted octanol–water partition coefficient (Wildman–Crippen LogP) is 5.20. The van der Waals surface area contributed by atoms with Gasteiger partial charge in [-0.25, -0.2) is 0 Å². The fraction of sp³-hybridized carbons (Fsp3) is 0.231. The number of carboxylic acid groups (broad SMARTS) is 1. The molecule has 0 amide bonds. The van der Waals surface area contributed by atoms with Gasteiger partial charge in [0.2, 0.25) is 0 Å². The summed E-state index contributed by atoms with van der Waals surface area (Å²) in [5.41, 5.74) is 4.80. The molecule has 3 aromatic carbocycles. The second kappa shape index (κ2) is 11.6. The van der Waals surface area contributed by atoms with Crippen molar-refractivity contribution in [2.75, 3.05) is 20.3 Å². The molecule has 6 nitrogen and oxygen atoms in total. The van der Waals surface area contributed by atoms with Gasteiger partial charge in [-0.3, -0.25) is 4.79 Å². The molecule has 0 aliphatic heterocycles. The summed E-state index contributed by atoms with van der Waals surface area (Å²) in [6.45, 7) is 2.56. The van der Waals surface area contributed by atoms with Gasteiger partial charge >= 0.3 is 5.97 Å². The first-order chi connectivity index (χ1) is 15.6. The summed E-state index contributed by atoms with van der Waals surface area (Å²) in [4.78, 5) is 16.4. The van der Waals surface area contributed by atoms with E-state index in [-0.39, 0.29) is 19.6 Å². The quantitative estimate of drug-likeness (QED) is 0.256. The van der Waals surface area contributed by atoms with Crippen molar-refractivity contribution in [2.24, 2.45) is 5.16 Å². The van der Waals surface area contributed by atoms with Gasteiger partial charge in [0.25, 0.3) is 0 Å². The van der Waals surface area contributed by atoms with E-state index in [0.29, 0.717) is 17.1 Å². The summed E-state index contributed by atoms with van der Waals surface area (Å²) in [6, 6.07) is 23.5. The van der Waals surface area contributed by atoms with Gasteiger partial charge in [-0.1, -0.05) is 66.7 Å². The largest absolute Gasteiger partial charge is 0.497 e. The lowest BCUT2D eigenvalue weighted by molar-refractivity contribution is -0.136. The monoisotopic (exact) mass is 433 g/mol. The zero-order valence-corrected chi connectivity index (χ0v) is 18.3. The highest BCUT2D eigenvalue weighted by Gasteiger charge is 2.07. The smallest absolute Gasteiger partial charge is 0.307 e. The van der Waals surface area contributed by atoms with Gasteiger partial charge < -0.3 is 19.4 Å². The van der Waals surface area contributed by atoms with Crippen LogP contribution >= 0.6 is 0 Å². The highest BCUT2D eigenvalue weighted by Crippen LogP contribution is 2.23. The van der Waals surface area contributed by atoms with Crippen LogP contribution in [-0.2, 0) is 16.1 Å². The Hall–Kier alpha value is -3.80. The third-order valence-electron chi connectivity index (χ3n) is 4.81. The van der Waals surface area contributed by atoms with Crippen molar-refractivity contribution in [2.45, 2.75) is 19.8 Å². The topological polar surface area (TPSA) is 77.4 Å². The zero-order valence-electron chi connectivity index (χ0n) is 18.3. The van der Waals surface area contributed by atoms with Crippen LogP contribution in [0.2, 0.25) is 0 Å². The first-order valence-electron chi connectivity index (χ1n) is 10.5. The summed E-state index contributed by atoms with van der Waals surface area (Å²) < 4.78 is 10.9. The standard InChI is InChI=1S/C26H27NO5/c1-3-25(22-11-9-21(10-12-22)20-7-5-4-6-8-20)27-32-14-13-31-24-16-19(17-26(28)29)15-23(18-24)30-2/h4-12,15-16,18H,3,13-14,17H2,1-2H3,(H,28,29)/b27-25+. The number of hydrogen-bond acceptors (Lipinski definition) is 5. The van der Waals surface area contributed by atoms with E-state index in [0.717, 1.165) is 23.3 Å². The van der Waals surface area contributed by atoms with Gasteiger partial charge in [0.05, 0.1) is 19.2 Å². The van der Waals surface area contributed by atoms with Gasteiger partial charge in [-0.2, -0.15) is 0 Å². The maximum Gasteiger partial charge on any atom is 0.307 e. The maximum absolute atomic E-state index is 11.0. The predicted molar refractivity (Wildman–Crippen MR) is 124 cm³/mol. The number of benzene rings is 3. The number of nitrogens with zero attached hydrogens (tertiary/aromatic N) is 1. The Labute approximate surface area is 188 Å². The number of carboxylic acids is 1. The Morgan fingerprint density at radius 2 is 1.59 bits per heavy atom. The molecular weight excluding hydrogens is 406 g/mol. The molecule has 3 aromatic rings. The lowest BCUT2D eigenvalue weighted by Gasteiger charge is -2.10. The van der Waals surface area contributed by atoms with E-state index < -0.39 is 5.97 Å². The van der Waals surface area contributed by atoms with Crippen LogP contribution in [0.5, 0.6) is 11.5 Å². The Balaban J connectivity index is 1.55. The average Bonchev–Trinajstić information content (AvgIpc) is 2.81. The van der Waals surface area contributed by atoms with Crippen LogP contribution in [0.15, 0.2) is 78.0 Å². The van der Waals surface area contributed by atoms with Gasteiger partial charge in [-0.15, -0.1) is 0 Å². The van der Waals surface area contributed by atoms with Crippen LogP contribution in [0.25, 0.3) is 11.1 Å². The summed E-state index contributed by atoms with van der Waals surface area (Å²) >= 11 is 0. The van der Waals surface area contributed by atoms with Crippen molar-refractivity contribution >= 4 is 11.7 Å². The molecule has 0 unspecified atom stereocenters. The van der Waals surface area contributed by atoms with Crippen LogP contribution in [-0.4, -0.2) is 37.1 Å². The molecule has 0 spiro atoms. The number of carbonyl (C=O) groups is 1. The van der Waals surface area contributed by atoms with Gasteiger partial charge in [0, 0.05) is 6.07 Å². The van der Waals surface area contributed by atoms with Gasteiger partial charge in [-0.05, 0) is 40.8 Å². The van der Waals surface area contributed by atoms with Gasteiger partial charge in [0.15, 0.2) is 6.61 Å². The molecule has 0 saturated heterocycles. The molecule has 0 atom stereocenters. The minimum Gasteiger partial charge on any atom is -0.497 e. The number of methoxy groups -OCH3 is 1. The summed E-state index contributed by atoms with van der Waals surface area (Å²) in [6.07, 6.45) is 0.636. The third kappa shape index (κ3) is 6.60. The Bertz CT molecular complexity index is 1050. The first-order valence-corrected chi connectivity index (χ1v) is 10.5. The molecule has 166 valence electrons. The minimum atomic E-state index is -0.911. The highest BCUT2D eigenvalue weighted by molar-refractivity contribution is 6.00. The highest BCUT2D eigenvalue weighted by atomic mass is 16.6. The van der Waals surface area contributed by atoms with Crippen molar-refractivity contribution in [3.63, 3.8) is 0 Å². The number of hydrogen-bond donors (Lipinski definition) is 1. The van der Waals surface area contributed by atoms with E-state index in [1.165, 1.54) is 12.7 Å². The van der Waals surface area contributed by atoms with E-state index in [1.807, 2.05) is 37.3 Å². The van der Waals surface area contributed by atoms with E-state index in [4.69, 9.17) is 19.4 Å². The second-order valence-electron chi connectivity index (χ2n) is 7.10. The van der Waals surface area contributed by atoms with E-state index in [1.54, 1.807) is 18.2 Å². The Morgan fingerprint density at radius 1 is 0.906 bits per heavy atom. The Kier molecular flexibility index (Phi) is 8.26. The molecule has 6 heteroatoms. The fourth-order valence-electron chi connectivity index (χ4n) is 3.24. The molecule has 0 radical (unpaired) electrons. The summed E-state index contributed by atoms with van der Waals surface area (Å²) in [7, 11) is 1.53. The molecule has 32 heavy (non-hydrogen) atoms. The second-order valence-corrected chi connectivity index (χ2v) is 7.10. The molecular formula is C26H27NO5. The molecule has 0 aliphatic carbocycles. The van der Waals surface area contributed by atoms with Crippen LogP contribution < -0.4 is 9.47 Å². The lowest BCUT2D eigenvalue weighted by Crippen LogP contribution is -2.07. The summed E-state index contributed by atoms with van der Waals surface area (Å²) in [5, 5.41) is 13.3. The molecule has 0 bridgehead atoms.